The van der Waals surface area contributed by atoms with Crippen molar-refractivity contribution in [3.05, 3.63) is 53.1 Å². The van der Waals surface area contributed by atoms with Gasteiger partial charge in [0, 0.05) is 42.5 Å². The summed E-state index contributed by atoms with van der Waals surface area (Å²) in [6.45, 7) is 5.86. The van der Waals surface area contributed by atoms with Crippen LogP contribution in [0.4, 0.5) is 17.1 Å². The second kappa shape index (κ2) is 10.3. The second-order valence-electron chi connectivity index (χ2n) is 7.73. The van der Waals surface area contributed by atoms with Crippen LogP contribution in [0.3, 0.4) is 0 Å². The van der Waals surface area contributed by atoms with Crippen LogP contribution in [0.2, 0.25) is 5.02 Å². The Labute approximate surface area is 192 Å². The monoisotopic (exact) mass is 457 g/mol. The van der Waals surface area contributed by atoms with E-state index in [4.69, 9.17) is 31.8 Å². The Hall–Kier alpha value is -2.65. The standard InChI is InChI=1S/C23H28ClN5O3/c1-2-32-23(30)18(25)14-31-15-28-9-11-29(12-10-28)22-17-5-3-4-6-19(17)26-20-8-7-16(24)13-21(20)27-22/h3-8,13,18,26H,2,9-12,14-15,25H2,1H3. The lowest BCUT2D eigenvalue weighted by Crippen LogP contribution is -2.50. The number of rotatable bonds is 6. The van der Waals surface area contributed by atoms with Crippen molar-refractivity contribution < 1.29 is 14.3 Å². The summed E-state index contributed by atoms with van der Waals surface area (Å²) in [6, 6.07) is 13.1. The zero-order valence-electron chi connectivity index (χ0n) is 18.1. The number of para-hydroxylation sites is 1. The van der Waals surface area contributed by atoms with Gasteiger partial charge in [0.2, 0.25) is 0 Å². The van der Waals surface area contributed by atoms with Gasteiger partial charge in [-0.1, -0.05) is 23.7 Å². The summed E-state index contributed by atoms with van der Waals surface area (Å²) in [4.78, 5) is 21.1. The molecule has 2 heterocycles. The van der Waals surface area contributed by atoms with E-state index in [1.807, 2.05) is 30.3 Å². The van der Waals surface area contributed by atoms with Gasteiger partial charge >= 0.3 is 5.97 Å². The van der Waals surface area contributed by atoms with Gasteiger partial charge in [-0.05, 0) is 37.3 Å². The highest BCUT2D eigenvalue weighted by Gasteiger charge is 2.25. The molecule has 0 bridgehead atoms. The lowest BCUT2D eigenvalue weighted by atomic mass is 10.1. The van der Waals surface area contributed by atoms with Crippen molar-refractivity contribution in [3.8, 4) is 0 Å². The van der Waals surface area contributed by atoms with Crippen molar-refractivity contribution in [2.24, 2.45) is 10.7 Å². The largest absolute Gasteiger partial charge is 0.465 e. The average molecular weight is 458 g/mol. The van der Waals surface area contributed by atoms with Crippen LogP contribution in [-0.4, -0.2) is 73.8 Å². The van der Waals surface area contributed by atoms with Crippen LogP contribution in [0.25, 0.3) is 0 Å². The Balaban J connectivity index is 1.41. The first-order valence-corrected chi connectivity index (χ1v) is 11.1. The number of benzene rings is 2. The van der Waals surface area contributed by atoms with Gasteiger partial charge in [0.15, 0.2) is 0 Å². The van der Waals surface area contributed by atoms with Gasteiger partial charge < -0.3 is 25.4 Å². The van der Waals surface area contributed by atoms with E-state index in [0.717, 1.165) is 54.6 Å². The molecule has 1 unspecified atom stereocenters. The molecule has 1 atom stereocenters. The molecule has 0 spiro atoms. The molecule has 2 aromatic rings. The topological polar surface area (TPSA) is 92.4 Å². The number of carbonyl (C=O) groups excluding carboxylic acids is 1. The molecule has 170 valence electrons. The number of fused-ring (bicyclic) bond motifs is 2. The van der Waals surface area contributed by atoms with Crippen molar-refractivity contribution in [3.63, 3.8) is 0 Å². The number of nitrogens with one attached hydrogen (secondary N) is 1. The number of anilines is 2. The highest BCUT2D eigenvalue weighted by molar-refractivity contribution is 6.31. The van der Waals surface area contributed by atoms with Gasteiger partial charge in [0.1, 0.15) is 11.9 Å². The highest BCUT2D eigenvalue weighted by atomic mass is 35.5. The molecule has 0 saturated carbocycles. The molecule has 1 fully saturated rings. The summed E-state index contributed by atoms with van der Waals surface area (Å²) in [6.07, 6.45) is 0. The predicted octanol–water partition coefficient (Wildman–Crippen LogP) is 2.96. The van der Waals surface area contributed by atoms with Crippen LogP contribution in [0.15, 0.2) is 47.5 Å². The fraction of sp³-hybridized carbons (Fsp3) is 0.391. The number of halogens is 1. The Kier molecular flexibility index (Phi) is 7.26. The van der Waals surface area contributed by atoms with Crippen molar-refractivity contribution in [2.45, 2.75) is 13.0 Å². The number of ether oxygens (including phenoxy) is 2. The summed E-state index contributed by atoms with van der Waals surface area (Å²) >= 11 is 6.23. The van der Waals surface area contributed by atoms with Gasteiger partial charge in [-0.15, -0.1) is 0 Å². The molecule has 1 saturated heterocycles. The zero-order valence-corrected chi connectivity index (χ0v) is 18.8. The predicted molar refractivity (Wildman–Crippen MR) is 126 cm³/mol. The maximum Gasteiger partial charge on any atom is 0.325 e. The van der Waals surface area contributed by atoms with Gasteiger partial charge in [-0.3, -0.25) is 9.69 Å². The highest BCUT2D eigenvalue weighted by Crippen LogP contribution is 2.36. The summed E-state index contributed by atoms with van der Waals surface area (Å²) < 4.78 is 10.6. The third kappa shape index (κ3) is 5.21. The van der Waals surface area contributed by atoms with E-state index in [9.17, 15) is 4.79 Å². The summed E-state index contributed by atoms with van der Waals surface area (Å²) in [5.41, 5.74) is 9.62. The number of hydrogen-bond acceptors (Lipinski definition) is 8. The lowest BCUT2D eigenvalue weighted by Gasteiger charge is -2.36. The van der Waals surface area contributed by atoms with Crippen molar-refractivity contribution in [2.75, 3.05) is 51.4 Å². The number of carbonyl (C=O) groups is 1. The molecule has 4 rings (SSSR count). The molecular formula is C23H28ClN5O3. The smallest absolute Gasteiger partial charge is 0.325 e. The van der Waals surface area contributed by atoms with Crippen molar-refractivity contribution in [1.29, 1.82) is 0 Å². The Bertz CT molecular complexity index is 991. The maximum atomic E-state index is 11.6. The van der Waals surface area contributed by atoms with E-state index < -0.39 is 12.0 Å². The minimum atomic E-state index is -0.757. The van der Waals surface area contributed by atoms with Gasteiger partial charge in [0.25, 0.3) is 0 Å². The van der Waals surface area contributed by atoms with Crippen molar-refractivity contribution in [1.82, 2.24) is 9.80 Å². The van der Waals surface area contributed by atoms with Crippen LogP contribution in [-0.2, 0) is 14.3 Å². The Morgan fingerprint density at radius 2 is 1.97 bits per heavy atom. The van der Waals surface area contributed by atoms with E-state index in [1.54, 1.807) is 6.92 Å². The Morgan fingerprint density at radius 3 is 2.75 bits per heavy atom. The number of piperazine rings is 1. The number of nitrogens with two attached hydrogens (primary N) is 1. The summed E-state index contributed by atoms with van der Waals surface area (Å²) in [5, 5.41) is 4.14. The van der Waals surface area contributed by atoms with Crippen LogP contribution < -0.4 is 11.1 Å². The van der Waals surface area contributed by atoms with Crippen LogP contribution in [0.5, 0.6) is 0 Å². The van der Waals surface area contributed by atoms with E-state index in [0.29, 0.717) is 18.4 Å². The van der Waals surface area contributed by atoms with E-state index in [2.05, 4.69) is 27.2 Å². The van der Waals surface area contributed by atoms with Crippen LogP contribution in [0, 0.1) is 0 Å². The minimum absolute atomic E-state index is 0.141. The molecule has 2 aliphatic rings. The molecule has 8 nitrogen and oxygen atoms in total. The summed E-state index contributed by atoms with van der Waals surface area (Å²) in [7, 11) is 0. The molecule has 3 N–H and O–H groups in total. The third-order valence-corrected chi connectivity index (χ3v) is 5.69. The minimum Gasteiger partial charge on any atom is -0.465 e. The molecule has 0 amide bonds. The molecular weight excluding hydrogens is 430 g/mol. The first-order valence-electron chi connectivity index (χ1n) is 10.8. The van der Waals surface area contributed by atoms with Crippen LogP contribution >= 0.6 is 11.6 Å². The second-order valence-corrected chi connectivity index (χ2v) is 8.17. The first kappa shape index (κ1) is 22.5. The molecule has 32 heavy (non-hydrogen) atoms. The first-order chi connectivity index (χ1) is 15.5. The quantitative estimate of drug-likeness (QED) is 0.644. The van der Waals surface area contributed by atoms with Gasteiger partial charge in [-0.2, -0.15) is 0 Å². The summed E-state index contributed by atoms with van der Waals surface area (Å²) in [5.74, 6) is 0.496. The molecule has 0 aliphatic carbocycles. The Morgan fingerprint density at radius 1 is 1.19 bits per heavy atom. The average Bonchev–Trinajstić information content (AvgIpc) is 2.96. The van der Waals surface area contributed by atoms with Gasteiger partial charge in [-0.25, -0.2) is 4.99 Å². The number of amidine groups is 1. The van der Waals surface area contributed by atoms with E-state index >= 15 is 0 Å². The fourth-order valence-corrected chi connectivity index (χ4v) is 3.93. The third-order valence-electron chi connectivity index (χ3n) is 5.46. The SMILES string of the molecule is CCOC(=O)C(N)COCN1CCN(C2=Nc3cc(Cl)ccc3Nc3ccccc32)CC1. The normalized spacial score (nSPS) is 16.8. The molecule has 0 radical (unpaired) electrons. The van der Waals surface area contributed by atoms with Crippen molar-refractivity contribution >= 4 is 40.5 Å². The van der Waals surface area contributed by atoms with E-state index in [1.165, 1.54) is 0 Å². The molecule has 2 aromatic carbocycles. The van der Waals surface area contributed by atoms with Crippen LogP contribution in [0.1, 0.15) is 12.5 Å². The zero-order chi connectivity index (χ0) is 22.5. The molecule has 0 aromatic heterocycles. The lowest BCUT2D eigenvalue weighted by molar-refractivity contribution is -0.146. The van der Waals surface area contributed by atoms with Gasteiger partial charge in [0.05, 0.1) is 31.3 Å². The maximum absolute atomic E-state index is 11.6. The number of esters is 1. The molecule has 9 heteroatoms. The number of hydrogen-bond donors (Lipinski definition) is 2. The number of aliphatic imine (C=N–C) groups is 1. The van der Waals surface area contributed by atoms with E-state index in [-0.39, 0.29) is 6.61 Å². The fourth-order valence-electron chi connectivity index (χ4n) is 3.77. The molecule has 2 aliphatic heterocycles. The number of nitrogens with zero attached hydrogens (tertiary/aromatic N) is 3.